The summed E-state index contributed by atoms with van der Waals surface area (Å²) < 4.78 is 5.36. The zero-order chi connectivity index (χ0) is 24.7. The minimum Gasteiger partial charge on any atom is -0.379 e. The molecule has 34 heavy (non-hydrogen) atoms. The van der Waals surface area contributed by atoms with Crippen LogP contribution in [0.4, 0.5) is 10.5 Å². The van der Waals surface area contributed by atoms with Crippen molar-refractivity contribution in [3.05, 3.63) is 54.2 Å². The molecule has 0 aliphatic heterocycles. The van der Waals surface area contributed by atoms with E-state index in [9.17, 15) is 9.59 Å². The highest BCUT2D eigenvalue weighted by Gasteiger charge is 2.16. The van der Waals surface area contributed by atoms with Gasteiger partial charge in [0.1, 0.15) is 5.69 Å². The summed E-state index contributed by atoms with van der Waals surface area (Å²) in [6, 6.07) is 6.82. The largest absolute Gasteiger partial charge is 0.379 e. The van der Waals surface area contributed by atoms with Crippen LogP contribution in [0.3, 0.4) is 0 Å². The predicted molar refractivity (Wildman–Crippen MR) is 129 cm³/mol. The van der Waals surface area contributed by atoms with Crippen LogP contribution >= 0.6 is 0 Å². The first-order chi connectivity index (χ1) is 16.2. The first kappa shape index (κ1) is 24.7. The summed E-state index contributed by atoms with van der Waals surface area (Å²) in [5.74, 6) is -0.271. The minimum atomic E-state index is -0.332. The first-order valence-corrected chi connectivity index (χ1v) is 10.8. The number of aromatic nitrogens is 4. The van der Waals surface area contributed by atoms with Gasteiger partial charge >= 0.3 is 6.03 Å². The number of nitrogens with one attached hydrogen (secondary N) is 3. The van der Waals surface area contributed by atoms with Crippen LogP contribution in [0.15, 0.2) is 42.9 Å². The zero-order valence-electron chi connectivity index (χ0n) is 20.0. The normalized spacial score (nSPS) is 11.1. The topological polar surface area (TPSA) is 131 Å². The fraction of sp³-hybridized carbons (Fsp3) is 0.333. The molecule has 3 aromatic heterocycles. The summed E-state index contributed by atoms with van der Waals surface area (Å²) in [5, 5.41) is 16.6. The molecule has 0 saturated heterocycles. The van der Waals surface area contributed by atoms with Crippen molar-refractivity contribution in [3.63, 3.8) is 0 Å². The van der Waals surface area contributed by atoms with Crippen molar-refractivity contribution in [1.29, 1.82) is 0 Å². The molecule has 0 atom stereocenters. The van der Waals surface area contributed by atoms with E-state index in [4.69, 9.17) is 4.74 Å². The average Bonchev–Trinajstić information content (AvgIpc) is 2.84. The van der Waals surface area contributed by atoms with Gasteiger partial charge < -0.3 is 20.7 Å². The number of aryl methyl sites for hydroxylation is 1. The molecular weight excluding hydrogens is 434 g/mol. The molecule has 3 rings (SSSR count). The molecule has 178 valence electrons. The van der Waals surface area contributed by atoms with Crippen molar-refractivity contribution in [2.75, 3.05) is 26.0 Å². The highest BCUT2D eigenvalue weighted by Crippen LogP contribution is 2.27. The molecule has 0 unspecified atom stereocenters. The van der Waals surface area contributed by atoms with Crippen LogP contribution in [-0.2, 0) is 4.74 Å². The van der Waals surface area contributed by atoms with Gasteiger partial charge in [0.2, 0.25) is 0 Å². The van der Waals surface area contributed by atoms with E-state index >= 15 is 0 Å². The van der Waals surface area contributed by atoms with Gasteiger partial charge in [0.15, 0.2) is 0 Å². The van der Waals surface area contributed by atoms with Crippen molar-refractivity contribution < 1.29 is 14.3 Å². The molecule has 0 aliphatic carbocycles. The number of carbonyl (C=O) groups excluding carboxylic acids is 2. The van der Waals surface area contributed by atoms with Crippen LogP contribution in [0.2, 0.25) is 0 Å². The quantitative estimate of drug-likeness (QED) is 0.467. The summed E-state index contributed by atoms with van der Waals surface area (Å²) in [5.41, 5.74) is 4.13. The van der Waals surface area contributed by atoms with Gasteiger partial charge in [-0.1, -0.05) is 0 Å². The smallest absolute Gasteiger partial charge is 0.319 e. The van der Waals surface area contributed by atoms with E-state index < -0.39 is 0 Å². The Hall–Kier alpha value is -3.92. The highest BCUT2D eigenvalue weighted by atomic mass is 16.5. The first-order valence-electron chi connectivity index (χ1n) is 10.8. The fourth-order valence-electron chi connectivity index (χ4n) is 3.13. The average molecular weight is 464 g/mol. The van der Waals surface area contributed by atoms with Crippen LogP contribution in [0.5, 0.6) is 0 Å². The number of urea groups is 1. The van der Waals surface area contributed by atoms with Crippen LogP contribution in [0.25, 0.3) is 22.4 Å². The molecular formula is C24H29N7O3. The van der Waals surface area contributed by atoms with Crippen molar-refractivity contribution >= 4 is 17.6 Å². The number of nitrogens with zero attached hydrogens (tertiary/aromatic N) is 4. The summed E-state index contributed by atoms with van der Waals surface area (Å²) in [6.07, 6.45) is 5.45. The van der Waals surface area contributed by atoms with E-state index in [1.165, 1.54) is 0 Å². The second-order valence-electron chi connectivity index (χ2n) is 8.29. The van der Waals surface area contributed by atoms with Gasteiger partial charge in [-0.2, -0.15) is 10.2 Å². The van der Waals surface area contributed by atoms with Crippen molar-refractivity contribution in [3.8, 4) is 22.4 Å². The Balaban J connectivity index is 1.79. The fourth-order valence-corrected chi connectivity index (χ4v) is 3.13. The van der Waals surface area contributed by atoms with Gasteiger partial charge in [0, 0.05) is 43.7 Å². The lowest BCUT2D eigenvalue weighted by Gasteiger charge is -2.22. The lowest BCUT2D eigenvalue weighted by atomic mass is 10.0. The van der Waals surface area contributed by atoms with Gasteiger partial charge in [0.25, 0.3) is 5.91 Å². The van der Waals surface area contributed by atoms with Gasteiger partial charge in [-0.15, -0.1) is 0 Å². The molecule has 0 fully saturated rings. The maximum Gasteiger partial charge on any atom is 0.319 e. The number of rotatable bonds is 8. The molecule has 10 heteroatoms. The van der Waals surface area contributed by atoms with E-state index in [1.54, 1.807) is 50.9 Å². The summed E-state index contributed by atoms with van der Waals surface area (Å²) in [7, 11) is 3.20. The van der Waals surface area contributed by atoms with Crippen molar-refractivity contribution in [1.82, 2.24) is 30.8 Å². The summed E-state index contributed by atoms with van der Waals surface area (Å²) >= 11 is 0. The van der Waals surface area contributed by atoms with E-state index in [0.29, 0.717) is 30.0 Å². The molecule has 3 aromatic rings. The molecule has 3 amide bonds. The molecule has 0 aromatic carbocycles. The Kier molecular flexibility index (Phi) is 7.85. The van der Waals surface area contributed by atoms with Gasteiger partial charge in [-0.3, -0.25) is 14.8 Å². The number of hydrogen-bond donors (Lipinski definition) is 3. The highest BCUT2D eigenvalue weighted by molar-refractivity contribution is 5.93. The van der Waals surface area contributed by atoms with Crippen LogP contribution < -0.4 is 16.0 Å². The Morgan fingerprint density at radius 1 is 1.09 bits per heavy atom. The number of anilines is 1. The number of pyridine rings is 2. The third-order valence-corrected chi connectivity index (χ3v) is 5.39. The number of ether oxygens (including phenoxy) is 1. The van der Waals surface area contributed by atoms with Gasteiger partial charge in [-0.05, 0) is 57.0 Å². The number of carbonyl (C=O) groups is 2. The summed E-state index contributed by atoms with van der Waals surface area (Å²) in [4.78, 5) is 32.7. The van der Waals surface area contributed by atoms with E-state index in [-0.39, 0.29) is 17.5 Å². The Morgan fingerprint density at radius 3 is 2.62 bits per heavy atom. The zero-order valence-corrected chi connectivity index (χ0v) is 20.0. The maximum atomic E-state index is 12.3. The summed E-state index contributed by atoms with van der Waals surface area (Å²) in [6.45, 7) is 6.25. The van der Waals surface area contributed by atoms with Crippen LogP contribution in [0.1, 0.15) is 36.5 Å². The predicted octanol–water partition coefficient (Wildman–Crippen LogP) is 3.21. The third kappa shape index (κ3) is 6.32. The van der Waals surface area contributed by atoms with Crippen LogP contribution in [0, 0.1) is 6.92 Å². The van der Waals surface area contributed by atoms with Gasteiger partial charge in [0.05, 0.1) is 29.4 Å². The molecule has 10 nitrogen and oxygen atoms in total. The molecule has 0 spiro atoms. The van der Waals surface area contributed by atoms with Crippen molar-refractivity contribution in [2.45, 2.75) is 32.8 Å². The number of amides is 3. The molecule has 3 N–H and O–H groups in total. The molecule has 0 bridgehead atoms. The Morgan fingerprint density at radius 2 is 1.88 bits per heavy atom. The van der Waals surface area contributed by atoms with Crippen LogP contribution in [-0.4, -0.2) is 58.4 Å². The lowest BCUT2D eigenvalue weighted by molar-refractivity contribution is 0.0165. The van der Waals surface area contributed by atoms with E-state index in [1.807, 2.05) is 26.8 Å². The number of hydrogen-bond acceptors (Lipinski definition) is 7. The number of methoxy groups -OCH3 is 1. The monoisotopic (exact) mass is 463 g/mol. The van der Waals surface area contributed by atoms with Crippen molar-refractivity contribution in [2.24, 2.45) is 0 Å². The van der Waals surface area contributed by atoms with Gasteiger partial charge in [-0.25, -0.2) is 4.79 Å². The molecule has 0 aliphatic rings. The Bertz CT molecular complexity index is 1180. The SMILES string of the molecule is CNC(=O)c1cc(-c2cnnc(-c3cc(NC(=O)NCCC(C)(C)OC)cnc3C)c2)ccn1. The Labute approximate surface area is 198 Å². The molecule has 0 radical (unpaired) electrons. The van der Waals surface area contributed by atoms with E-state index in [0.717, 1.165) is 22.4 Å². The second kappa shape index (κ2) is 10.8. The molecule has 3 heterocycles. The standard InChI is InChI=1S/C24H29N7O3/c1-15-19(12-18(14-28-15)30-23(33)27-9-7-24(2,3)34-5)20-11-17(13-29-31-20)16-6-8-26-21(10-16)22(32)25-4/h6,8,10-14H,7,9H2,1-5H3,(H,25,32)(H2,27,30,33). The lowest BCUT2D eigenvalue weighted by Crippen LogP contribution is -2.34. The van der Waals surface area contributed by atoms with E-state index in [2.05, 4.69) is 36.1 Å². The third-order valence-electron chi connectivity index (χ3n) is 5.39. The minimum absolute atomic E-state index is 0.271. The second-order valence-corrected chi connectivity index (χ2v) is 8.29. The maximum absolute atomic E-state index is 12.3. The molecule has 0 saturated carbocycles.